The molecule has 2 aromatic rings. The first-order chi connectivity index (χ1) is 8.72. The molecule has 0 radical (unpaired) electrons. The van der Waals surface area contributed by atoms with Crippen molar-refractivity contribution in [1.82, 2.24) is 9.97 Å². The molecule has 2 rings (SSSR count). The van der Waals surface area contributed by atoms with Gasteiger partial charge in [-0.25, -0.2) is 14.8 Å². The topological polar surface area (TPSA) is 66.3 Å². The molecule has 0 atom stereocenters. The number of hydrogen-bond acceptors (Lipinski definition) is 4. The van der Waals surface area contributed by atoms with Crippen LogP contribution in [0.4, 0.5) is 11.5 Å². The Hall–Kier alpha value is -2.43. The minimum Gasteiger partial charge on any atom is -0.477 e. The molecule has 0 aliphatic rings. The van der Waals surface area contributed by atoms with E-state index in [1.54, 1.807) is 0 Å². The summed E-state index contributed by atoms with van der Waals surface area (Å²) in [5.41, 5.74) is 0.962. The van der Waals surface area contributed by atoms with E-state index in [0.717, 1.165) is 5.69 Å². The summed E-state index contributed by atoms with van der Waals surface area (Å²) in [5, 5.41) is 8.93. The molecule has 1 heterocycles. The summed E-state index contributed by atoms with van der Waals surface area (Å²) in [6.45, 7) is 2.68. The predicted octanol–water partition coefficient (Wildman–Crippen LogP) is 2.33. The summed E-state index contributed by atoms with van der Waals surface area (Å²) >= 11 is 0. The molecular formula is C13H13N3O2. The van der Waals surface area contributed by atoms with Crippen LogP contribution in [0.2, 0.25) is 0 Å². The number of anilines is 2. The monoisotopic (exact) mass is 243 g/mol. The lowest BCUT2D eigenvalue weighted by Crippen LogP contribution is -2.18. The summed E-state index contributed by atoms with van der Waals surface area (Å²) in [6, 6.07) is 11.2. The molecule has 0 aliphatic carbocycles. The molecule has 0 aliphatic heterocycles. The van der Waals surface area contributed by atoms with Crippen LogP contribution in [-0.4, -0.2) is 27.6 Å². The Kier molecular flexibility index (Phi) is 3.52. The van der Waals surface area contributed by atoms with Gasteiger partial charge in [-0.2, -0.15) is 0 Å². The molecule has 0 amide bonds. The minimum absolute atomic E-state index is 0.00520. The fraction of sp³-hybridized carbons (Fsp3) is 0.154. The fourth-order valence-corrected chi connectivity index (χ4v) is 1.70. The summed E-state index contributed by atoms with van der Waals surface area (Å²) in [6.07, 6.45) is 1.27. The van der Waals surface area contributed by atoms with Crippen LogP contribution in [0.25, 0.3) is 0 Å². The highest BCUT2D eigenvalue weighted by atomic mass is 16.4. The van der Waals surface area contributed by atoms with E-state index in [1.165, 1.54) is 12.4 Å². The van der Waals surface area contributed by atoms with Gasteiger partial charge in [0.05, 0.1) is 0 Å². The highest BCUT2D eigenvalue weighted by molar-refractivity contribution is 5.86. The summed E-state index contributed by atoms with van der Waals surface area (Å²) in [4.78, 5) is 20.6. The summed E-state index contributed by atoms with van der Waals surface area (Å²) in [7, 11) is 0. The largest absolute Gasteiger partial charge is 0.477 e. The number of nitrogens with zero attached hydrogens (tertiary/aromatic N) is 3. The van der Waals surface area contributed by atoms with Gasteiger partial charge in [-0.15, -0.1) is 0 Å². The maximum absolute atomic E-state index is 10.9. The van der Waals surface area contributed by atoms with Gasteiger partial charge in [-0.1, -0.05) is 18.2 Å². The number of carboxylic acid groups (broad SMARTS) is 1. The lowest BCUT2D eigenvalue weighted by molar-refractivity contribution is 0.0690. The Morgan fingerprint density at radius 3 is 2.61 bits per heavy atom. The van der Waals surface area contributed by atoms with Gasteiger partial charge in [-0.05, 0) is 19.1 Å². The van der Waals surface area contributed by atoms with Crippen LogP contribution in [0.5, 0.6) is 0 Å². The second-order valence-corrected chi connectivity index (χ2v) is 3.65. The molecule has 0 spiro atoms. The molecule has 0 saturated heterocycles. The Labute approximate surface area is 105 Å². The van der Waals surface area contributed by atoms with Gasteiger partial charge >= 0.3 is 5.97 Å². The molecule has 92 valence electrons. The van der Waals surface area contributed by atoms with Crippen LogP contribution >= 0.6 is 0 Å². The third kappa shape index (κ3) is 2.45. The maximum atomic E-state index is 10.9. The normalized spacial score (nSPS) is 10.1. The number of carbonyl (C=O) groups is 1. The molecule has 0 fully saturated rings. The zero-order chi connectivity index (χ0) is 13.0. The van der Waals surface area contributed by atoms with E-state index in [0.29, 0.717) is 12.4 Å². The number of aromatic carboxylic acids is 1. The van der Waals surface area contributed by atoms with Crippen molar-refractivity contribution in [3.63, 3.8) is 0 Å². The third-order valence-corrected chi connectivity index (χ3v) is 2.53. The highest BCUT2D eigenvalue weighted by Gasteiger charge is 2.12. The number of carboxylic acids is 1. The zero-order valence-corrected chi connectivity index (χ0v) is 9.95. The standard InChI is InChI=1S/C13H13N3O2/c1-2-16(10-6-4-3-5-7-10)12-8-11(13(17)18)14-9-15-12/h3-9H,2H2,1H3,(H,17,18). The van der Waals surface area contributed by atoms with Gasteiger partial charge in [-0.3, -0.25) is 0 Å². The van der Waals surface area contributed by atoms with Crippen molar-refractivity contribution in [2.45, 2.75) is 6.92 Å². The lowest BCUT2D eigenvalue weighted by atomic mass is 10.2. The Morgan fingerprint density at radius 2 is 2.00 bits per heavy atom. The fourth-order valence-electron chi connectivity index (χ4n) is 1.70. The molecule has 0 saturated carbocycles. The van der Waals surface area contributed by atoms with Crippen molar-refractivity contribution in [3.8, 4) is 0 Å². The molecule has 18 heavy (non-hydrogen) atoms. The van der Waals surface area contributed by atoms with Crippen LogP contribution in [0, 0.1) is 0 Å². The van der Waals surface area contributed by atoms with Gasteiger partial charge in [0, 0.05) is 18.3 Å². The van der Waals surface area contributed by atoms with Crippen molar-refractivity contribution >= 4 is 17.5 Å². The molecule has 1 N–H and O–H groups in total. The number of benzene rings is 1. The average Bonchev–Trinajstić information content (AvgIpc) is 2.41. The quantitative estimate of drug-likeness (QED) is 0.892. The molecular weight excluding hydrogens is 230 g/mol. The van der Waals surface area contributed by atoms with Crippen molar-refractivity contribution in [3.05, 3.63) is 48.4 Å². The second-order valence-electron chi connectivity index (χ2n) is 3.65. The van der Waals surface area contributed by atoms with Crippen LogP contribution in [0.1, 0.15) is 17.4 Å². The Bertz CT molecular complexity index is 543. The van der Waals surface area contributed by atoms with E-state index in [9.17, 15) is 4.79 Å². The zero-order valence-electron chi connectivity index (χ0n) is 9.95. The number of aromatic nitrogens is 2. The van der Waals surface area contributed by atoms with Crippen LogP contribution in [0.3, 0.4) is 0 Å². The molecule has 0 bridgehead atoms. The first-order valence-corrected chi connectivity index (χ1v) is 5.60. The van der Waals surface area contributed by atoms with Gasteiger partial charge in [0.25, 0.3) is 0 Å². The van der Waals surface area contributed by atoms with Gasteiger partial charge in [0.2, 0.25) is 0 Å². The summed E-state index contributed by atoms with van der Waals surface area (Å²) in [5.74, 6) is -0.473. The van der Waals surface area contributed by atoms with E-state index in [-0.39, 0.29) is 5.69 Å². The van der Waals surface area contributed by atoms with E-state index in [4.69, 9.17) is 5.11 Å². The van der Waals surface area contributed by atoms with Crippen molar-refractivity contribution in [2.24, 2.45) is 0 Å². The number of hydrogen-bond donors (Lipinski definition) is 1. The second kappa shape index (κ2) is 5.27. The SMILES string of the molecule is CCN(c1ccccc1)c1cc(C(=O)O)ncn1. The van der Waals surface area contributed by atoms with E-state index >= 15 is 0 Å². The molecule has 5 nitrogen and oxygen atoms in total. The van der Waals surface area contributed by atoms with Gasteiger partial charge < -0.3 is 10.0 Å². The van der Waals surface area contributed by atoms with Crippen molar-refractivity contribution in [2.75, 3.05) is 11.4 Å². The van der Waals surface area contributed by atoms with E-state index in [2.05, 4.69) is 9.97 Å². The van der Waals surface area contributed by atoms with E-state index < -0.39 is 5.97 Å². The van der Waals surface area contributed by atoms with Crippen molar-refractivity contribution in [1.29, 1.82) is 0 Å². The summed E-state index contributed by atoms with van der Waals surface area (Å²) < 4.78 is 0. The number of para-hydroxylation sites is 1. The Morgan fingerprint density at radius 1 is 1.28 bits per heavy atom. The Balaban J connectivity index is 2.39. The van der Waals surface area contributed by atoms with Crippen LogP contribution < -0.4 is 4.90 Å². The first kappa shape index (κ1) is 12.0. The molecule has 1 aromatic heterocycles. The number of rotatable bonds is 4. The lowest BCUT2D eigenvalue weighted by Gasteiger charge is -2.21. The highest BCUT2D eigenvalue weighted by Crippen LogP contribution is 2.22. The predicted molar refractivity (Wildman–Crippen MR) is 68.1 cm³/mol. The first-order valence-electron chi connectivity index (χ1n) is 5.60. The van der Waals surface area contributed by atoms with Gasteiger partial charge in [0.15, 0.2) is 5.69 Å². The molecule has 5 heteroatoms. The van der Waals surface area contributed by atoms with Gasteiger partial charge in [0.1, 0.15) is 12.1 Å². The van der Waals surface area contributed by atoms with Crippen LogP contribution in [0.15, 0.2) is 42.7 Å². The van der Waals surface area contributed by atoms with E-state index in [1.807, 2.05) is 42.2 Å². The smallest absolute Gasteiger partial charge is 0.354 e. The molecule has 1 aromatic carbocycles. The molecule has 0 unspecified atom stereocenters. The third-order valence-electron chi connectivity index (χ3n) is 2.53. The van der Waals surface area contributed by atoms with Crippen molar-refractivity contribution < 1.29 is 9.90 Å². The minimum atomic E-state index is -1.05. The van der Waals surface area contributed by atoms with Crippen LogP contribution in [-0.2, 0) is 0 Å². The average molecular weight is 243 g/mol. The maximum Gasteiger partial charge on any atom is 0.354 e.